The minimum atomic E-state index is -3.42. The lowest BCUT2D eigenvalue weighted by atomic mass is 10.0. The number of halogens is 1. The normalized spacial score (nSPS) is 16.0. The molecule has 1 aliphatic heterocycles. The van der Waals surface area contributed by atoms with E-state index in [0.29, 0.717) is 27.8 Å². The van der Waals surface area contributed by atoms with Gasteiger partial charge in [0, 0.05) is 16.8 Å². The van der Waals surface area contributed by atoms with Crippen molar-refractivity contribution in [2.75, 3.05) is 15.9 Å². The molecule has 8 heteroatoms. The summed E-state index contributed by atoms with van der Waals surface area (Å²) < 4.78 is 31.2. The van der Waals surface area contributed by atoms with Crippen LogP contribution < -0.4 is 14.4 Å². The van der Waals surface area contributed by atoms with Gasteiger partial charge in [-0.15, -0.1) is 0 Å². The van der Waals surface area contributed by atoms with Crippen LogP contribution in [0, 0.1) is 6.92 Å². The number of amides is 1. The number of sulfonamides is 1. The molecule has 1 amide bonds. The molecular formula is C18H19ClN2O4S. The number of rotatable bonds is 3. The predicted octanol–water partition coefficient (Wildman–Crippen LogP) is 3.86. The number of hydrogen-bond donors (Lipinski definition) is 1. The molecule has 0 spiro atoms. The molecule has 6 nitrogen and oxygen atoms in total. The van der Waals surface area contributed by atoms with Gasteiger partial charge in [0.05, 0.1) is 17.6 Å². The van der Waals surface area contributed by atoms with E-state index in [-0.39, 0.29) is 5.91 Å². The van der Waals surface area contributed by atoms with Gasteiger partial charge in [-0.25, -0.2) is 8.42 Å². The third-order valence-corrected chi connectivity index (χ3v) is 5.02. The maximum atomic E-state index is 13.0. The van der Waals surface area contributed by atoms with Crippen molar-refractivity contribution in [1.29, 1.82) is 0 Å². The van der Waals surface area contributed by atoms with Crippen LogP contribution in [0.2, 0.25) is 5.02 Å². The van der Waals surface area contributed by atoms with Crippen molar-refractivity contribution in [2.24, 2.45) is 0 Å². The zero-order valence-corrected chi connectivity index (χ0v) is 16.4. The molecule has 138 valence electrons. The molecule has 0 saturated heterocycles. The van der Waals surface area contributed by atoms with E-state index in [1.807, 2.05) is 13.0 Å². The van der Waals surface area contributed by atoms with E-state index in [2.05, 4.69) is 4.72 Å². The second-order valence-electron chi connectivity index (χ2n) is 6.74. The van der Waals surface area contributed by atoms with Gasteiger partial charge in [0.25, 0.3) is 5.91 Å². The molecule has 0 radical (unpaired) electrons. The van der Waals surface area contributed by atoms with Gasteiger partial charge >= 0.3 is 0 Å². The van der Waals surface area contributed by atoms with Crippen molar-refractivity contribution >= 4 is 44.6 Å². The highest BCUT2D eigenvalue weighted by molar-refractivity contribution is 7.92. The first-order valence-corrected chi connectivity index (χ1v) is 10.2. The second kappa shape index (κ2) is 6.17. The summed E-state index contributed by atoms with van der Waals surface area (Å²) >= 11 is 6.10. The molecule has 0 aliphatic carbocycles. The molecule has 0 aromatic heterocycles. The fourth-order valence-electron chi connectivity index (χ4n) is 2.78. The van der Waals surface area contributed by atoms with Gasteiger partial charge in [0.2, 0.25) is 10.0 Å². The van der Waals surface area contributed by atoms with E-state index in [0.717, 1.165) is 11.8 Å². The Kier molecular flexibility index (Phi) is 4.40. The zero-order chi connectivity index (χ0) is 19.3. The third kappa shape index (κ3) is 3.50. The summed E-state index contributed by atoms with van der Waals surface area (Å²) in [7, 11) is -3.42. The van der Waals surface area contributed by atoms with Crippen molar-refractivity contribution < 1.29 is 17.9 Å². The summed E-state index contributed by atoms with van der Waals surface area (Å²) in [5.74, 6) is 0.186. The monoisotopic (exact) mass is 394 g/mol. The predicted molar refractivity (Wildman–Crippen MR) is 103 cm³/mol. The Balaban J connectivity index is 2.14. The molecule has 2 aromatic rings. The maximum Gasteiger partial charge on any atom is 0.275 e. The third-order valence-electron chi connectivity index (χ3n) is 3.99. The number of fused-ring (bicyclic) bond motifs is 1. The molecule has 0 fully saturated rings. The summed E-state index contributed by atoms with van der Waals surface area (Å²) in [6.07, 6.45) is 1.07. The van der Waals surface area contributed by atoms with Gasteiger partial charge in [-0.1, -0.05) is 11.6 Å². The molecular weight excluding hydrogens is 376 g/mol. The lowest BCUT2D eigenvalue weighted by Crippen LogP contribution is -2.50. The van der Waals surface area contributed by atoms with E-state index >= 15 is 0 Å². The first kappa shape index (κ1) is 18.5. The summed E-state index contributed by atoms with van der Waals surface area (Å²) in [6.45, 7) is 5.21. The highest BCUT2D eigenvalue weighted by Gasteiger charge is 2.41. The maximum absolute atomic E-state index is 13.0. The number of carbonyl (C=O) groups is 1. The van der Waals surface area contributed by atoms with E-state index < -0.39 is 15.6 Å². The number of carbonyl (C=O) groups excluding carboxylic acids is 1. The topological polar surface area (TPSA) is 75.7 Å². The summed E-state index contributed by atoms with van der Waals surface area (Å²) in [4.78, 5) is 14.5. The zero-order valence-electron chi connectivity index (χ0n) is 14.8. The van der Waals surface area contributed by atoms with E-state index in [1.165, 1.54) is 0 Å². The van der Waals surface area contributed by atoms with Crippen LogP contribution in [0.3, 0.4) is 0 Å². The van der Waals surface area contributed by atoms with Crippen LogP contribution in [0.15, 0.2) is 36.4 Å². The lowest BCUT2D eigenvalue weighted by Gasteiger charge is -2.39. The Morgan fingerprint density at radius 2 is 1.85 bits per heavy atom. The Bertz CT molecular complexity index is 1000. The van der Waals surface area contributed by atoms with Gasteiger partial charge in [-0.2, -0.15) is 0 Å². The lowest BCUT2D eigenvalue weighted by molar-refractivity contribution is -0.131. The molecule has 1 N–H and O–H groups in total. The standard InChI is InChI=1S/C18H19ClN2O4S/c1-11-9-13(6-7-14(11)19)21-15-8-5-12(20-26(4,23)24)10-16(15)25-18(2,3)17(21)22/h5-10,20H,1-4H3. The van der Waals surface area contributed by atoms with Gasteiger partial charge in [-0.3, -0.25) is 14.4 Å². The first-order valence-electron chi connectivity index (χ1n) is 7.89. The minimum absolute atomic E-state index is 0.226. The van der Waals surface area contributed by atoms with Crippen molar-refractivity contribution in [1.82, 2.24) is 0 Å². The van der Waals surface area contributed by atoms with Crippen molar-refractivity contribution in [2.45, 2.75) is 26.4 Å². The number of nitrogens with one attached hydrogen (secondary N) is 1. The molecule has 3 rings (SSSR count). The Morgan fingerprint density at radius 3 is 2.46 bits per heavy atom. The molecule has 26 heavy (non-hydrogen) atoms. The van der Waals surface area contributed by atoms with Gasteiger partial charge in [-0.05, 0) is 56.7 Å². The smallest absolute Gasteiger partial charge is 0.275 e. The van der Waals surface area contributed by atoms with Crippen molar-refractivity contribution in [3.8, 4) is 5.75 Å². The highest BCUT2D eigenvalue weighted by Crippen LogP contribution is 2.43. The Morgan fingerprint density at radius 1 is 1.15 bits per heavy atom. The number of anilines is 3. The SMILES string of the molecule is Cc1cc(N2C(=O)C(C)(C)Oc3cc(NS(C)(=O)=O)ccc32)ccc1Cl. The molecule has 2 aromatic carbocycles. The average Bonchev–Trinajstić information content (AvgIpc) is 2.50. The largest absolute Gasteiger partial charge is 0.476 e. The average molecular weight is 395 g/mol. The van der Waals surface area contributed by atoms with Crippen LogP contribution in [0.25, 0.3) is 0 Å². The van der Waals surface area contributed by atoms with Gasteiger partial charge in [0.15, 0.2) is 5.60 Å². The Hall–Kier alpha value is -2.25. The number of benzene rings is 2. The molecule has 0 atom stereocenters. The highest BCUT2D eigenvalue weighted by atomic mass is 35.5. The molecule has 0 unspecified atom stereocenters. The summed E-state index contributed by atoms with van der Waals surface area (Å²) in [5.41, 5.74) is 1.31. The number of ether oxygens (including phenoxy) is 1. The van der Waals surface area contributed by atoms with Crippen LogP contribution in [-0.4, -0.2) is 26.2 Å². The van der Waals surface area contributed by atoms with E-state index in [1.54, 1.807) is 49.1 Å². The van der Waals surface area contributed by atoms with Gasteiger partial charge < -0.3 is 4.74 Å². The first-order chi connectivity index (χ1) is 12.0. The number of aryl methyl sites for hydroxylation is 1. The minimum Gasteiger partial charge on any atom is -0.476 e. The number of nitrogens with zero attached hydrogens (tertiary/aromatic N) is 1. The molecule has 1 heterocycles. The van der Waals surface area contributed by atoms with Crippen molar-refractivity contribution in [3.63, 3.8) is 0 Å². The fourth-order valence-corrected chi connectivity index (χ4v) is 3.45. The molecule has 1 aliphatic rings. The number of hydrogen-bond acceptors (Lipinski definition) is 4. The van der Waals surface area contributed by atoms with E-state index in [4.69, 9.17) is 16.3 Å². The van der Waals surface area contributed by atoms with Crippen LogP contribution in [0.5, 0.6) is 5.75 Å². The summed E-state index contributed by atoms with van der Waals surface area (Å²) in [6, 6.07) is 10.1. The van der Waals surface area contributed by atoms with Crippen molar-refractivity contribution in [3.05, 3.63) is 47.0 Å². The Labute approximate surface area is 157 Å². The summed E-state index contributed by atoms with van der Waals surface area (Å²) in [5, 5.41) is 0.613. The molecule has 0 saturated carbocycles. The van der Waals surface area contributed by atoms with Crippen LogP contribution >= 0.6 is 11.6 Å². The fraction of sp³-hybridized carbons (Fsp3) is 0.278. The van der Waals surface area contributed by atoms with Gasteiger partial charge in [0.1, 0.15) is 5.75 Å². The molecule has 0 bridgehead atoms. The second-order valence-corrected chi connectivity index (χ2v) is 8.90. The van der Waals surface area contributed by atoms with Crippen LogP contribution in [0.1, 0.15) is 19.4 Å². The van der Waals surface area contributed by atoms with Crippen LogP contribution in [-0.2, 0) is 14.8 Å². The van der Waals surface area contributed by atoms with E-state index in [9.17, 15) is 13.2 Å². The quantitative estimate of drug-likeness (QED) is 0.857. The van der Waals surface area contributed by atoms with Crippen LogP contribution in [0.4, 0.5) is 17.1 Å².